The zero-order valence-corrected chi connectivity index (χ0v) is 19.4. The van der Waals surface area contributed by atoms with E-state index in [0.717, 1.165) is 25.7 Å². The third-order valence-electron chi connectivity index (χ3n) is 6.26. The summed E-state index contributed by atoms with van der Waals surface area (Å²) in [6, 6.07) is 8.68. The second kappa shape index (κ2) is 9.36. The lowest BCUT2D eigenvalue weighted by Crippen LogP contribution is -2.39. The third-order valence-corrected chi connectivity index (χ3v) is 9.70. The van der Waals surface area contributed by atoms with E-state index in [-0.39, 0.29) is 39.2 Å². The minimum atomic E-state index is -3.66. The fourth-order valence-corrected chi connectivity index (χ4v) is 7.42. The monoisotopic (exact) mass is 480 g/mol. The van der Waals surface area contributed by atoms with Gasteiger partial charge in [0.15, 0.2) is 15.6 Å². The van der Waals surface area contributed by atoms with Crippen LogP contribution in [0.4, 0.5) is 0 Å². The Hall–Kier alpha value is -2.17. The van der Waals surface area contributed by atoms with Gasteiger partial charge in [-0.3, -0.25) is 4.79 Å². The van der Waals surface area contributed by atoms with Crippen LogP contribution in [-0.4, -0.2) is 52.5 Å². The minimum Gasteiger partial charge on any atom is -0.459 e. The first kappa shape index (κ1) is 23.0. The van der Waals surface area contributed by atoms with E-state index >= 15 is 0 Å². The molecule has 1 N–H and O–H groups in total. The molecule has 10 heteroatoms. The number of sulfonamides is 1. The molecule has 1 saturated heterocycles. The van der Waals surface area contributed by atoms with Gasteiger partial charge in [0, 0.05) is 19.1 Å². The number of nitrogens with one attached hydrogen (secondary N) is 1. The molecule has 1 aromatic carbocycles. The molecule has 0 radical (unpaired) electrons. The maximum absolute atomic E-state index is 12.9. The van der Waals surface area contributed by atoms with Crippen molar-refractivity contribution in [1.29, 1.82) is 0 Å². The summed E-state index contributed by atoms with van der Waals surface area (Å²) in [4.78, 5) is 14.2. The predicted molar refractivity (Wildman–Crippen MR) is 118 cm³/mol. The number of nitrogens with zero attached hydrogens (tertiary/aromatic N) is 1. The summed E-state index contributed by atoms with van der Waals surface area (Å²) in [7, 11) is -7.22. The highest BCUT2D eigenvalue weighted by Crippen LogP contribution is 2.25. The molecule has 2 aliphatic rings. The Labute approximate surface area is 189 Å². The number of piperidine rings is 1. The molecule has 8 nitrogen and oxygen atoms in total. The van der Waals surface area contributed by atoms with Gasteiger partial charge < -0.3 is 9.32 Å². The molecule has 4 rings (SSSR count). The highest BCUT2D eigenvalue weighted by atomic mass is 32.2. The molecule has 1 saturated carbocycles. The topological polar surface area (TPSA) is 114 Å². The van der Waals surface area contributed by atoms with Gasteiger partial charge in [0.05, 0.1) is 21.8 Å². The standard InChI is InChI=1S/C22H28N2O6S2/c25-22(21-6-3-15-30-21)24-13-11-17(12-14-24)16-31(26,27)19-7-9-20(10-8-19)32(28,29)23-18-4-1-2-5-18/h3,6-10,15,17-18,23H,1-2,4-5,11-14,16H2. The second-order valence-corrected chi connectivity index (χ2v) is 12.3. The quantitative estimate of drug-likeness (QED) is 0.652. The molecule has 2 heterocycles. The summed E-state index contributed by atoms with van der Waals surface area (Å²) in [6.07, 6.45) is 6.32. The van der Waals surface area contributed by atoms with E-state index in [1.165, 1.54) is 30.5 Å². The molecule has 1 aliphatic heterocycles. The molecular formula is C22H28N2O6S2. The van der Waals surface area contributed by atoms with Crippen molar-refractivity contribution in [3.63, 3.8) is 0 Å². The number of carbonyl (C=O) groups excluding carboxylic acids is 1. The van der Waals surface area contributed by atoms with E-state index in [2.05, 4.69) is 4.72 Å². The van der Waals surface area contributed by atoms with Crippen molar-refractivity contribution in [1.82, 2.24) is 9.62 Å². The number of sulfone groups is 1. The zero-order chi connectivity index (χ0) is 22.8. The minimum absolute atomic E-state index is 0.0256. The smallest absolute Gasteiger partial charge is 0.289 e. The van der Waals surface area contributed by atoms with E-state index in [4.69, 9.17) is 4.42 Å². The van der Waals surface area contributed by atoms with Crippen molar-refractivity contribution in [2.24, 2.45) is 5.92 Å². The Morgan fingerprint density at radius 1 is 0.938 bits per heavy atom. The Balaban J connectivity index is 1.35. The van der Waals surface area contributed by atoms with Crippen molar-refractivity contribution in [3.8, 4) is 0 Å². The van der Waals surface area contributed by atoms with Crippen molar-refractivity contribution in [3.05, 3.63) is 48.4 Å². The van der Waals surface area contributed by atoms with Gasteiger partial charge in [0.1, 0.15) is 0 Å². The van der Waals surface area contributed by atoms with Crippen molar-refractivity contribution in [2.75, 3.05) is 18.8 Å². The highest BCUT2D eigenvalue weighted by molar-refractivity contribution is 7.91. The maximum atomic E-state index is 12.9. The van der Waals surface area contributed by atoms with Crippen molar-refractivity contribution in [2.45, 2.75) is 54.4 Å². The lowest BCUT2D eigenvalue weighted by atomic mass is 9.99. The van der Waals surface area contributed by atoms with Crippen LogP contribution in [0.25, 0.3) is 0 Å². The molecule has 2 fully saturated rings. The fraction of sp³-hybridized carbons (Fsp3) is 0.500. The van der Waals surface area contributed by atoms with Crippen LogP contribution in [-0.2, 0) is 19.9 Å². The molecule has 1 aliphatic carbocycles. The van der Waals surface area contributed by atoms with Crippen LogP contribution in [0.15, 0.2) is 56.9 Å². The van der Waals surface area contributed by atoms with Crippen LogP contribution in [0.5, 0.6) is 0 Å². The molecule has 1 amide bonds. The van der Waals surface area contributed by atoms with E-state index < -0.39 is 19.9 Å². The second-order valence-electron chi connectivity index (χ2n) is 8.57. The van der Waals surface area contributed by atoms with Gasteiger partial charge in [-0.15, -0.1) is 0 Å². The molecule has 32 heavy (non-hydrogen) atoms. The Morgan fingerprint density at radius 2 is 1.56 bits per heavy atom. The molecule has 0 atom stereocenters. The Morgan fingerprint density at radius 3 is 2.16 bits per heavy atom. The summed E-state index contributed by atoms with van der Waals surface area (Å²) >= 11 is 0. The van der Waals surface area contributed by atoms with Crippen molar-refractivity contribution >= 4 is 25.8 Å². The van der Waals surface area contributed by atoms with Crippen LogP contribution < -0.4 is 4.72 Å². The molecule has 1 aromatic heterocycles. The summed E-state index contributed by atoms with van der Waals surface area (Å²) in [5, 5.41) is 0. The highest BCUT2D eigenvalue weighted by Gasteiger charge is 2.29. The maximum Gasteiger partial charge on any atom is 0.289 e. The summed E-state index contributed by atoms with van der Waals surface area (Å²) < 4.78 is 58.7. The molecule has 0 bridgehead atoms. The first-order valence-corrected chi connectivity index (χ1v) is 14.1. The average molecular weight is 481 g/mol. The van der Waals surface area contributed by atoms with Gasteiger partial charge in [-0.1, -0.05) is 12.8 Å². The molecule has 2 aromatic rings. The van der Waals surface area contributed by atoms with Crippen LogP contribution in [0, 0.1) is 5.92 Å². The van der Waals surface area contributed by atoms with Gasteiger partial charge in [-0.2, -0.15) is 0 Å². The Bertz CT molecular complexity index is 1130. The fourth-order valence-electron chi connectivity index (χ4n) is 4.42. The largest absolute Gasteiger partial charge is 0.459 e. The van der Waals surface area contributed by atoms with E-state index in [0.29, 0.717) is 25.9 Å². The molecule has 174 valence electrons. The van der Waals surface area contributed by atoms with Crippen molar-refractivity contribution < 1.29 is 26.0 Å². The number of benzene rings is 1. The zero-order valence-electron chi connectivity index (χ0n) is 17.8. The first-order valence-electron chi connectivity index (χ1n) is 10.9. The van der Waals surface area contributed by atoms with Gasteiger partial charge in [0.2, 0.25) is 10.0 Å². The van der Waals surface area contributed by atoms with Crippen LogP contribution in [0.2, 0.25) is 0 Å². The lowest BCUT2D eigenvalue weighted by molar-refractivity contribution is 0.0666. The Kier molecular flexibility index (Phi) is 6.73. The van der Waals surface area contributed by atoms with Crippen LogP contribution in [0.1, 0.15) is 49.1 Å². The summed E-state index contributed by atoms with van der Waals surface area (Å²) in [6.45, 7) is 0.952. The van der Waals surface area contributed by atoms with E-state index in [1.807, 2.05) is 0 Å². The number of hydrogen-bond acceptors (Lipinski definition) is 6. The number of rotatable bonds is 7. The third kappa shape index (κ3) is 5.24. The van der Waals surface area contributed by atoms with E-state index in [1.54, 1.807) is 17.0 Å². The van der Waals surface area contributed by atoms with Gasteiger partial charge in [-0.25, -0.2) is 21.6 Å². The first-order chi connectivity index (χ1) is 15.2. The predicted octanol–water partition coefficient (Wildman–Crippen LogP) is 2.83. The molecule has 0 unspecified atom stereocenters. The number of furan rings is 1. The van der Waals surface area contributed by atoms with Gasteiger partial charge in [-0.05, 0) is 68.0 Å². The van der Waals surface area contributed by atoms with Gasteiger partial charge >= 0.3 is 0 Å². The number of carbonyl (C=O) groups is 1. The molecule has 0 spiro atoms. The number of hydrogen-bond donors (Lipinski definition) is 1. The summed E-state index contributed by atoms with van der Waals surface area (Å²) in [5.41, 5.74) is 0. The van der Waals surface area contributed by atoms with E-state index in [9.17, 15) is 21.6 Å². The lowest BCUT2D eigenvalue weighted by Gasteiger charge is -2.31. The SMILES string of the molecule is O=C(c1ccco1)N1CCC(CS(=O)(=O)c2ccc(S(=O)(=O)NC3CCCC3)cc2)CC1. The van der Waals surface area contributed by atoms with Crippen LogP contribution in [0.3, 0.4) is 0 Å². The van der Waals surface area contributed by atoms with Crippen LogP contribution >= 0.6 is 0 Å². The average Bonchev–Trinajstić information content (AvgIpc) is 3.48. The van der Waals surface area contributed by atoms with Gasteiger partial charge in [0.25, 0.3) is 5.91 Å². The normalized spacial score (nSPS) is 18.8. The number of likely N-dealkylation sites (tertiary alicyclic amines) is 1. The summed E-state index contributed by atoms with van der Waals surface area (Å²) in [5.74, 6) is 0.0170. The number of amides is 1. The molecular weight excluding hydrogens is 452 g/mol.